The summed E-state index contributed by atoms with van der Waals surface area (Å²) in [5, 5.41) is 9.21. The third kappa shape index (κ3) is 2.17. The lowest BCUT2D eigenvalue weighted by molar-refractivity contribution is -0.137. The molecule has 2 nitrogen and oxygen atoms in total. The summed E-state index contributed by atoms with van der Waals surface area (Å²) in [4.78, 5) is 0. The maximum atomic E-state index is 12.4. The summed E-state index contributed by atoms with van der Waals surface area (Å²) in [6, 6.07) is 5.10. The van der Waals surface area contributed by atoms with E-state index in [-0.39, 0.29) is 17.9 Å². The Kier molecular flexibility index (Phi) is 2.91. The van der Waals surface area contributed by atoms with Gasteiger partial charge >= 0.3 is 6.18 Å². The minimum Gasteiger partial charge on any atom is -0.396 e. The molecule has 1 aliphatic carbocycles. The van der Waals surface area contributed by atoms with Crippen LogP contribution in [0.3, 0.4) is 0 Å². The van der Waals surface area contributed by atoms with E-state index < -0.39 is 11.7 Å². The average Bonchev–Trinajstić information content (AvgIpc) is 3.03. The minimum atomic E-state index is -4.30. The van der Waals surface area contributed by atoms with Gasteiger partial charge in [0.25, 0.3) is 0 Å². The topological polar surface area (TPSA) is 46.2 Å². The van der Waals surface area contributed by atoms with Crippen molar-refractivity contribution in [2.75, 3.05) is 13.2 Å². The number of aliphatic hydroxyl groups is 1. The van der Waals surface area contributed by atoms with Crippen LogP contribution in [0, 0.1) is 5.41 Å². The Morgan fingerprint density at radius 2 is 1.88 bits per heavy atom. The molecule has 0 heterocycles. The predicted octanol–water partition coefficient (Wildman–Crippen LogP) is 2.13. The number of hydrogen-bond donors (Lipinski definition) is 2. The van der Waals surface area contributed by atoms with Crippen molar-refractivity contribution in [3.63, 3.8) is 0 Å². The van der Waals surface area contributed by atoms with Gasteiger partial charge in [-0.1, -0.05) is 12.1 Å². The molecule has 0 saturated heterocycles. The minimum absolute atomic E-state index is 0.0187. The zero-order chi connectivity index (χ0) is 12.7. The quantitative estimate of drug-likeness (QED) is 0.857. The van der Waals surface area contributed by atoms with Crippen molar-refractivity contribution >= 4 is 0 Å². The lowest BCUT2D eigenvalue weighted by Gasteiger charge is -2.12. The van der Waals surface area contributed by atoms with Crippen molar-refractivity contribution in [2.45, 2.75) is 18.5 Å². The van der Waals surface area contributed by atoms with E-state index in [0.717, 1.165) is 24.1 Å². The highest BCUT2D eigenvalue weighted by atomic mass is 19.4. The van der Waals surface area contributed by atoms with Gasteiger partial charge in [-0.05, 0) is 30.0 Å². The summed E-state index contributed by atoms with van der Waals surface area (Å²) in [5.74, 6) is 0.0831. The molecule has 1 fully saturated rings. The Morgan fingerprint density at radius 1 is 1.29 bits per heavy atom. The van der Waals surface area contributed by atoms with Crippen molar-refractivity contribution in [1.82, 2.24) is 0 Å². The number of nitrogens with two attached hydrogens (primary N) is 1. The first-order valence-electron chi connectivity index (χ1n) is 5.41. The largest absolute Gasteiger partial charge is 0.416 e. The first-order valence-corrected chi connectivity index (χ1v) is 5.41. The van der Waals surface area contributed by atoms with Crippen LogP contribution in [0.15, 0.2) is 24.3 Å². The third-order valence-corrected chi connectivity index (χ3v) is 3.55. The van der Waals surface area contributed by atoms with Crippen molar-refractivity contribution in [2.24, 2.45) is 11.1 Å². The highest BCUT2D eigenvalue weighted by Gasteiger charge is 2.53. The summed E-state index contributed by atoms with van der Waals surface area (Å²) in [7, 11) is 0. The van der Waals surface area contributed by atoms with Crippen molar-refractivity contribution in [3.05, 3.63) is 35.4 Å². The molecule has 0 aromatic heterocycles. The fraction of sp³-hybridized carbons (Fsp3) is 0.500. The third-order valence-electron chi connectivity index (χ3n) is 3.55. The van der Waals surface area contributed by atoms with Crippen LogP contribution in [-0.2, 0) is 6.18 Å². The number of aliphatic hydroxyl groups excluding tert-OH is 1. The molecule has 0 bridgehead atoms. The van der Waals surface area contributed by atoms with Crippen LogP contribution >= 0.6 is 0 Å². The van der Waals surface area contributed by atoms with Crippen molar-refractivity contribution in [1.29, 1.82) is 0 Å². The van der Waals surface area contributed by atoms with E-state index in [1.165, 1.54) is 12.1 Å². The van der Waals surface area contributed by atoms with Crippen LogP contribution < -0.4 is 5.73 Å². The van der Waals surface area contributed by atoms with Crippen molar-refractivity contribution in [3.8, 4) is 0 Å². The normalized spacial score (nSPS) is 28.2. The first kappa shape index (κ1) is 12.4. The zero-order valence-electron chi connectivity index (χ0n) is 9.17. The maximum absolute atomic E-state index is 12.4. The Morgan fingerprint density at radius 3 is 2.24 bits per heavy atom. The van der Waals surface area contributed by atoms with Gasteiger partial charge in [-0.25, -0.2) is 0 Å². The second-order valence-electron chi connectivity index (χ2n) is 4.60. The zero-order valence-corrected chi connectivity index (χ0v) is 9.17. The molecule has 1 aromatic rings. The second kappa shape index (κ2) is 3.99. The second-order valence-corrected chi connectivity index (χ2v) is 4.60. The number of benzene rings is 1. The number of alkyl halides is 3. The Balaban J connectivity index is 2.16. The van der Waals surface area contributed by atoms with Crippen LogP contribution in [0.5, 0.6) is 0 Å². The van der Waals surface area contributed by atoms with E-state index in [1.807, 2.05) is 0 Å². The Labute approximate surface area is 97.2 Å². The van der Waals surface area contributed by atoms with E-state index in [1.54, 1.807) is 0 Å². The predicted molar refractivity (Wildman–Crippen MR) is 57.4 cm³/mol. The molecule has 94 valence electrons. The van der Waals surface area contributed by atoms with Gasteiger partial charge in [0.15, 0.2) is 0 Å². The van der Waals surface area contributed by atoms with Gasteiger partial charge in [0.1, 0.15) is 0 Å². The van der Waals surface area contributed by atoms with Crippen molar-refractivity contribution < 1.29 is 18.3 Å². The molecule has 17 heavy (non-hydrogen) atoms. The maximum Gasteiger partial charge on any atom is 0.416 e. The lowest BCUT2D eigenvalue weighted by atomic mass is 9.99. The van der Waals surface area contributed by atoms with Gasteiger partial charge in [-0.15, -0.1) is 0 Å². The van der Waals surface area contributed by atoms with Crippen LogP contribution in [0.25, 0.3) is 0 Å². The van der Waals surface area contributed by atoms with E-state index in [4.69, 9.17) is 5.73 Å². The SMILES string of the molecule is NC[C@@]1(CO)C[C@@H]1c1ccc(C(F)(F)F)cc1. The molecule has 0 unspecified atom stereocenters. The highest BCUT2D eigenvalue weighted by Crippen LogP contribution is 2.58. The van der Waals surface area contributed by atoms with Gasteiger partial charge in [-0.2, -0.15) is 13.2 Å². The average molecular weight is 245 g/mol. The molecule has 1 saturated carbocycles. The summed E-state index contributed by atoms with van der Waals surface area (Å²) in [6.07, 6.45) is -3.56. The monoisotopic (exact) mass is 245 g/mol. The van der Waals surface area contributed by atoms with Gasteiger partial charge in [0.05, 0.1) is 12.2 Å². The van der Waals surface area contributed by atoms with Crippen LogP contribution in [0.2, 0.25) is 0 Å². The molecule has 5 heteroatoms. The highest BCUT2D eigenvalue weighted by molar-refractivity contribution is 5.33. The van der Waals surface area contributed by atoms with Gasteiger partial charge in [0, 0.05) is 12.0 Å². The lowest BCUT2D eigenvalue weighted by Crippen LogP contribution is -2.21. The summed E-state index contributed by atoms with van der Waals surface area (Å²) in [5.41, 5.74) is 5.41. The van der Waals surface area contributed by atoms with E-state index >= 15 is 0 Å². The molecular weight excluding hydrogens is 231 g/mol. The molecule has 2 atom stereocenters. The molecule has 1 aromatic carbocycles. The van der Waals surface area contributed by atoms with Gasteiger partial charge in [-0.3, -0.25) is 0 Å². The molecular formula is C12H14F3NO. The fourth-order valence-corrected chi connectivity index (χ4v) is 2.19. The van der Waals surface area contributed by atoms with Crippen LogP contribution in [0.1, 0.15) is 23.5 Å². The molecule has 0 spiro atoms. The van der Waals surface area contributed by atoms with Crippen LogP contribution in [0.4, 0.5) is 13.2 Å². The molecule has 0 aliphatic heterocycles. The van der Waals surface area contributed by atoms with E-state index in [2.05, 4.69) is 0 Å². The summed E-state index contributed by atoms with van der Waals surface area (Å²) < 4.78 is 37.1. The molecule has 2 rings (SSSR count). The van der Waals surface area contributed by atoms with E-state index in [9.17, 15) is 18.3 Å². The number of halogens is 3. The van der Waals surface area contributed by atoms with Gasteiger partial charge in [0.2, 0.25) is 0 Å². The standard InChI is InChI=1S/C12H14F3NO/c13-12(14,15)9-3-1-8(2-4-9)10-5-11(10,6-16)7-17/h1-4,10,17H,5-7,16H2/t10-,11-/m1/s1. The summed E-state index contributed by atoms with van der Waals surface area (Å²) >= 11 is 0. The Bertz CT molecular complexity index is 395. The van der Waals surface area contributed by atoms with E-state index in [0.29, 0.717) is 6.54 Å². The molecule has 3 N–H and O–H groups in total. The number of hydrogen-bond acceptors (Lipinski definition) is 2. The fourth-order valence-electron chi connectivity index (χ4n) is 2.19. The molecule has 0 amide bonds. The number of rotatable bonds is 3. The Hall–Kier alpha value is -1.07. The van der Waals surface area contributed by atoms with Crippen LogP contribution in [-0.4, -0.2) is 18.3 Å². The van der Waals surface area contributed by atoms with Gasteiger partial charge < -0.3 is 10.8 Å². The smallest absolute Gasteiger partial charge is 0.396 e. The molecule has 0 radical (unpaired) electrons. The first-order chi connectivity index (χ1) is 7.93. The molecule has 1 aliphatic rings. The summed E-state index contributed by atoms with van der Waals surface area (Å²) in [6.45, 7) is 0.338.